The Bertz CT molecular complexity index is 1030. The molecule has 0 bridgehead atoms. The van der Waals surface area contributed by atoms with Gasteiger partial charge < -0.3 is 4.90 Å². The molecule has 0 saturated heterocycles. The van der Waals surface area contributed by atoms with Crippen molar-refractivity contribution in [2.75, 3.05) is 0 Å². The molecule has 0 N–H and O–H groups in total. The van der Waals surface area contributed by atoms with Crippen molar-refractivity contribution in [3.8, 4) is 10.8 Å². The van der Waals surface area contributed by atoms with Crippen LogP contribution in [-0.2, 0) is 19.3 Å². The van der Waals surface area contributed by atoms with E-state index in [1.54, 1.807) is 16.1 Å². The molecule has 1 aromatic carbocycles. The van der Waals surface area contributed by atoms with Gasteiger partial charge in [0, 0.05) is 30.7 Å². The number of benzene rings is 1. The molecule has 0 fully saturated rings. The Morgan fingerprint density at radius 3 is 2.71 bits per heavy atom. The second kappa shape index (κ2) is 6.85. The van der Waals surface area contributed by atoms with Gasteiger partial charge in [0.2, 0.25) is 5.82 Å². The van der Waals surface area contributed by atoms with Gasteiger partial charge in [-0.2, -0.15) is 13.2 Å². The maximum atomic E-state index is 13.1. The van der Waals surface area contributed by atoms with E-state index in [2.05, 4.69) is 15.2 Å². The van der Waals surface area contributed by atoms with Gasteiger partial charge in [0.25, 0.3) is 5.91 Å². The maximum Gasteiger partial charge on any atom is 0.417 e. The molecule has 3 heterocycles. The van der Waals surface area contributed by atoms with E-state index in [1.807, 2.05) is 6.92 Å². The van der Waals surface area contributed by atoms with Gasteiger partial charge in [-0.3, -0.25) is 9.36 Å². The third-order valence-electron chi connectivity index (χ3n) is 4.53. The van der Waals surface area contributed by atoms with E-state index in [1.165, 1.54) is 28.4 Å². The molecule has 1 amide bonds. The van der Waals surface area contributed by atoms with Crippen LogP contribution in [0.1, 0.15) is 28.7 Å². The van der Waals surface area contributed by atoms with Crippen LogP contribution in [-0.4, -0.2) is 36.6 Å². The molecule has 1 atom stereocenters. The summed E-state index contributed by atoms with van der Waals surface area (Å²) in [5, 5.41) is 10.1. The van der Waals surface area contributed by atoms with Crippen LogP contribution in [0.3, 0.4) is 0 Å². The molecule has 3 aromatic rings. The summed E-state index contributed by atoms with van der Waals surface area (Å²) in [5.74, 6) is 0.218. The first-order chi connectivity index (χ1) is 13.3. The lowest BCUT2D eigenvalue weighted by Crippen LogP contribution is -2.46. The maximum absolute atomic E-state index is 13.1. The number of thiazole rings is 1. The van der Waals surface area contributed by atoms with E-state index in [9.17, 15) is 18.0 Å². The molecule has 0 saturated carbocycles. The summed E-state index contributed by atoms with van der Waals surface area (Å²) in [6, 6.07) is 3.40. The minimum atomic E-state index is -4.56. The van der Waals surface area contributed by atoms with Crippen LogP contribution in [0, 0.1) is 0 Å². The molecule has 0 aliphatic carbocycles. The van der Waals surface area contributed by atoms with Crippen molar-refractivity contribution in [3.63, 3.8) is 0 Å². The zero-order valence-corrected chi connectivity index (χ0v) is 16.0. The number of carbonyl (C=O) groups is 1. The van der Waals surface area contributed by atoms with Crippen LogP contribution in [0.15, 0.2) is 29.8 Å². The number of aromatic nitrogens is 4. The molecule has 1 aliphatic heterocycles. The number of fused-ring (bicyclic) bond motifs is 1. The van der Waals surface area contributed by atoms with Gasteiger partial charge in [0.1, 0.15) is 0 Å². The summed E-state index contributed by atoms with van der Waals surface area (Å²) in [7, 11) is 0. The van der Waals surface area contributed by atoms with Crippen LogP contribution < -0.4 is 0 Å². The fraction of sp³-hybridized carbons (Fsp3) is 0.294. The third kappa shape index (κ3) is 3.16. The summed E-state index contributed by atoms with van der Waals surface area (Å²) in [6.45, 7) is 2.16. The quantitative estimate of drug-likeness (QED) is 0.630. The van der Waals surface area contributed by atoms with Crippen molar-refractivity contribution in [2.24, 2.45) is 0 Å². The van der Waals surface area contributed by atoms with E-state index in [4.69, 9.17) is 11.6 Å². The minimum absolute atomic E-state index is 0.0534. The average molecular weight is 428 g/mol. The molecular formula is C17H13ClF3N5OS. The highest BCUT2D eigenvalue weighted by Gasteiger charge is 2.37. The fourth-order valence-corrected chi connectivity index (χ4v) is 4.07. The first-order valence-electron chi connectivity index (χ1n) is 8.26. The molecule has 146 valence electrons. The molecule has 0 spiro atoms. The summed E-state index contributed by atoms with van der Waals surface area (Å²) in [6.07, 6.45) is -2.93. The standard InChI is InChI=1S/C17H13ClF3N5OS/c1-9-7-26-13(15-22-5-6-28-15)23-24-14(26)16(27)25(9)8-10-3-2-4-11(12(10)18)17(19,20)21/h2-6,9H,7-8H2,1H3. The van der Waals surface area contributed by atoms with E-state index in [-0.39, 0.29) is 24.0 Å². The van der Waals surface area contributed by atoms with Crippen LogP contribution in [0.4, 0.5) is 13.2 Å². The molecule has 1 unspecified atom stereocenters. The predicted molar refractivity (Wildman–Crippen MR) is 96.9 cm³/mol. The molecule has 1 aliphatic rings. The second-order valence-corrected chi connectivity index (χ2v) is 7.63. The van der Waals surface area contributed by atoms with Gasteiger partial charge in [-0.25, -0.2) is 4.98 Å². The topological polar surface area (TPSA) is 63.9 Å². The van der Waals surface area contributed by atoms with Gasteiger partial charge in [0.15, 0.2) is 10.8 Å². The number of halogens is 4. The Morgan fingerprint density at radius 2 is 2.04 bits per heavy atom. The normalized spacial score (nSPS) is 17.1. The fourth-order valence-electron chi connectivity index (χ4n) is 3.15. The van der Waals surface area contributed by atoms with E-state index in [0.717, 1.165) is 6.07 Å². The molecule has 0 radical (unpaired) electrons. The Hall–Kier alpha value is -2.46. The first kappa shape index (κ1) is 18.9. The molecular weight excluding hydrogens is 415 g/mol. The summed E-state index contributed by atoms with van der Waals surface area (Å²) in [4.78, 5) is 18.6. The van der Waals surface area contributed by atoms with E-state index >= 15 is 0 Å². The molecule has 6 nitrogen and oxygen atoms in total. The third-order valence-corrected chi connectivity index (χ3v) is 5.75. The Balaban J connectivity index is 1.66. The second-order valence-electron chi connectivity index (χ2n) is 6.35. The van der Waals surface area contributed by atoms with E-state index in [0.29, 0.717) is 17.4 Å². The Morgan fingerprint density at radius 1 is 1.29 bits per heavy atom. The van der Waals surface area contributed by atoms with Crippen LogP contribution >= 0.6 is 22.9 Å². The molecule has 28 heavy (non-hydrogen) atoms. The number of carbonyl (C=O) groups excluding carboxylic acids is 1. The van der Waals surface area contributed by atoms with Gasteiger partial charge in [-0.05, 0) is 18.6 Å². The number of hydrogen-bond acceptors (Lipinski definition) is 5. The lowest BCUT2D eigenvalue weighted by Gasteiger charge is -2.34. The molecule has 4 rings (SSSR count). The zero-order chi connectivity index (χ0) is 20.1. The smallest absolute Gasteiger partial charge is 0.327 e. The summed E-state index contributed by atoms with van der Waals surface area (Å²) < 4.78 is 41.0. The van der Waals surface area contributed by atoms with Crippen LogP contribution in [0.5, 0.6) is 0 Å². The zero-order valence-electron chi connectivity index (χ0n) is 14.4. The number of nitrogens with zero attached hydrogens (tertiary/aromatic N) is 5. The SMILES string of the molecule is CC1Cn2c(nnc2-c2nccs2)C(=O)N1Cc1cccc(C(F)(F)F)c1Cl. The largest absolute Gasteiger partial charge is 0.417 e. The number of hydrogen-bond donors (Lipinski definition) is 0. The van der Waals surface area contributed by atoms with Crippen LogP contribution in [0.2, 0.25) is 5.02 Å². The van der Waals surface area contributed by atoms with Crippen molar-refractivity contribution in [1.29, 1.82) is 0 Å². The summed E-state index contributed by atoms with van der Waals surface area (Å²) in [5.41, 5.74) is -0.692. The highest BCUT2D eigenvalue weighted by Crippen LogP contribution is 2.37. The average Bonchev–Trinajstić information content (AvgIpc) is 3.28. The van der Waals surface area contributed by atoms with Crippen molar-refractivity contribution < 1.29 is 18.0 Å². The van der Waals surface area contributed by atoms with Crippen molar-refractivity contribution in [3.05, 3.63) is 51.7 Å². The predicted octanol–water partition coefficient (Wildman–Crippen LogP) is 4.12. The first-order valence-corrected chi connectivity index (χ1v) is 9.51. The molecule has 11 heteroatoms. The summed E-state index contributed by atoms with van der Waals surface area (Å²) >= 11 is 7.36. The van der Waals surface area contributed by atoms with Crippen LogP contribution in [0.25, 0.3) is 10.8 Å². The van der Waals surface area contributed by atoms with Crippen molar-refractivity contribution in [1.82, 2.24) is 24.6 Å². The van der Waals surface area contributed by atoms with Gasteiger partial charge in [-0.15, -0.1) is 21.5 Å². The molecule has 2 aromatic heterocycles. The van der Waals surface area contributed by atoms with Crippen molar-refractivity contribution >= 4 is 28.8 Å². The number of amides is 1. The lowest BCUT2D eigenvalue weighted by atomic mass is 10.1. The highest BCUT2D eigenvalue weighted by atomic mass is 35.5. The Kier molecular flexibility index (Phi) is 4.62. The number of rotatable bonds is 3. The van der Waals surface area contributed by atoms with Crippen molar-refractivity contribution in [2.45, 2.75) is 32.2 Å². The lowest BCUT2D eigenvalue weighted by molar-refractivity contribution is -0.137. The van der Waals surface area contributed by atoms with Gasteiger partial charge >= 0.3 is 6.18 Å². The number of alkyl halides is 3. The Labute approximate surface area is 166 Å². The minimum Gasteiger partial charge on any atom is -0.327 e. The van der Waals surface area contributed by atoms with Gasteiger partial charge in [0.05, 0.1) is 10.6 Å². The monoisotopic (exact) mass is 427 g/mol. The van der Waals surface area contributed by atoms with E-state index < -0.39 is 22.7 Å². The van der Waals surface area contributed by atoms with Gasteiger partial charge in [-0.1, -0.05) is 23.7 Å². The highest BCUT2D eigenvalue weighted by molar-refractivity contribution is 7.13.